The molecule has 2 rings (SSSR count). The molecule has 3 heteroatoms. The molecule has 0 N–H and O–H groups in total. The van der Waals surface area contributed by atoms with Crippen molar-refractivity contribution >= 4 is 5.97 Å². The molecule has 0 spiro atoms. The molecule has 0 saturated heterocycles. The van der Waals surface area contributed by atoms with Gasteiger partial charge in [0.15, 0.2) is 0 Å². The Kier molecular flexibility index (Phi) is 6.01. The highest BCUT2D eigenvalue weighted by molar-refractivity contribution is 5.65. The van der Waals surface area contributed by atoms with Gasteiger partial charge in [-0.05, 0) is 35.6 Å². The Balaban J connectivity index is 1.88. The molecule has 0 aliphatic carbocycles. The average molecular weight is 298 g/mol. The number of hydrogen-bond acceptors (Lipinski definition) is 3. The molecule has 2 aromatic carbocycles. The Morgan fingerprint density at radius 3 is 2.50 bits per heavy atom. The van der Waals surface area contributed by atoms with Crippen LogP contribution in [-0.4, -0.2) is 12.6 Å². The molecule has 0 saturated carbocycles. The molecule has 1 atom stereocenters. The summed E-state index contributed by atoms with van der Waals surface area (Å²) in [5.41, 5.74) is 2.33. The molecule has 0 aromatic heterocycles. The lowest BCUT2D eigenvalue weighted by molar-refractivity contribution is -0.142. The number of benzene rings is 2. The normalized spacial score (nSPS) is 11.7. The van der Waals surface area contributed by atoms with Crippen LogP contribution >= 0.6 is 0 Å². The van der Waals surface area contributed by atoms with E-state index in [2.05, 4.69) is 13.0 Å². The van der Waals surface area contributed by atoms with E-state index < -0.39 is 0 Å². The largest absolute Gasteiger partial charge is 0.489 e. The zero-order valence-corrected chi connectivity index (χ0v) is 13.1. The summed E-state index contributed by atoms with van der Waals surface area (Å²) in [5.74, 6) is 0.918. The smallest absolute Gasteiger partial charge is 0.302 e. The van der Waals surface area contributed by atoms with Gasteiger partial charge in [-0.15, -0.1) is 0 Å². The highest BCUT2D eigenvalue weighted by atomic mass is 16.5. The van der Waals surface area contributed by atoms with Crippen LogP contribution in [0.2, 0.25) is 0 Å². The summed E-state index contributed by atoms with van der Waals surface area (Å²) in [6.07, 6.45) is 0.857. The quantitative estimate of drug-likeness (QED) is 0.725. The first kappa shape index (κ1) is 16.1. The molecule has 0 aliphatic heterocycles. The maximum absolute atomic E-state index is 10.8. The van der Waals surface area contributed by atoms with Crippen molar-refractivity contribution in [2.45, 2.75) is 26.9 Å². The van der Waals surface area contributed by atoms with Crippen LogP contribution in [-0.2, 0) is 22.6 Å². The van der Waals surface area contributed by atoms with Gasteiger partial charge < -0.3 is 9.47 Å². The molecule has 3 nitrogen and oxygen atoms in total. The number of ether oxygens (including phenoxy) is 2. The van der Waals surface area contributed by atoms with Gasteiger partial charge in [0.05, 0.1) is 6.61 Å². The van der Waals surface area contributed by atoms with E-state index in [1.54, 1.807) is 0 Å². The van der Waals surface area contributed by atoms with Gasteiger partial charge in [-0.25, -0.2) is 0 Å². The topological polar surface area (TPSA) is 35.5 Å². The highest BCUT2D eigenvalue weighted by Crippen LogP contribution is 2.18. The fourth-order valence-corrected chi connectivity index (χ4v) is 2.22. The summed E-state index contributed by atoms with van der Waals surface area (Å²) >= 11 is 0. The molecule has 0 unspecified atom stereocenters. The predicted molar refractivity (Wildman–Crippen MR) is 86.7 cm³/mol. The second-order valence-corrected chi connectivity index (χ2v) is 5.53. The molecule has 116 valence electrons. The molecular formula is C19H22O3. The van der Waals surface area contributed by atoms with E-state index in [1.165, 1.54) is 12.5 Å². The van der Waals surface area contributed by atoms with E-state index in [9.17, 15) is 4.79 Å². The molecule has 22 heavy (non-hydrogen) atoms. The van der Waals surface area contributed by atoms with Crippen molar-refractivity contribution in [1.29, 1.82) is 0 Å². The lowest BCUT2D eigenvalue weighted by atomic mass is 10.0. The molecule has 0 radical (unpaired) electrons. The standard InChI is InChI=1S/C19H22O3/c1-15(13-21-16(2)20)11-18-9-6-10-19(12-18)22-14-17-7-4-3-5-8-17/h3-10,12,15H,11,13-14H2,1-2H3/t15-/m1/s1. The van der Waals surface area contributed by atoms with Gasteiger partial charge >= 0.3 is 5.97 Å². The molecular weight excluding hydrogens is 276 g/mol. The predicted octanol–water partition coefficient (Wildman–Crippen LogP) is 4.01. The van der Waals surface area contributed by atoms with Crippen molar-refractivity contribution in [2.24, 2.45) is 5.92 Å². The van der Waals surface area contributed by atoms with Gasteiger partial charge in [0.2, 0.25) is 0 Å². The van der Waals surface area contributed by atoms with E-state index in [4.69, 9.17) is 9.47 Å². The van der Waals surface area contributed by atoms with E-state index >= 15 is 0 Å². The SMILES string of the molecule is CC(=O)OC[C@H](C)Cc1cccc(OCc2ccccc2)c1. The minimum absolute atomic E-state index is 0.230. The fourth-order valence-electron chi connectivity index (χ4n) is 2.22. The van der Waals surface area contributed by atoms with E-state index in [0.29, 0.717) is 13.2 Å². The van der Waals surface area contributed by atoms with Crippen LogP contribution < -0.4 is 4.74 Å². The monoisotopic (exact) mass is 298 g/mol. The zero-order chi connectivity index (χ0) is 15.8. The Labute approximate surface area is 131 Å². The van der Waals surface area contributed by atoms with Crippen molar-refractivity contribution in [3.63, 3.8) is 0 Å². The summed E-state index contributed by atoms with van der Waals surface area (Å²) in [6.45, 7) is 4.52. The van der Waals surface area contributed by atoms with Crippen molar-refractivity contribution < 1.29 is 14.3 Å². The second-order valence-electron chi connectivity index (χ2n) is 5.53. The third-order valence-electron chi connectivity index (χ3n) is 3.30. The van der Waals surface area contributed by atoms with Gasteiger partial charge in [-0.3, -0.25) is 4.79 Å². The summed E-state index contributed by atoms with van der Waals surface area (Å²) in [5, 5.41) is 0. The Morgan fingerprint density at radius 2 is 1.77 bits per heavy atom. The van der Waals surface area contributed by atoms with E-state index in [1.807, 2.05) is 48.5 Å². The zero-order valence-electron chi connectivity index (χ0n) is 13.1. The molecule has 0 aliphatic rings. The van der Waals surface area contributed by atoms with Crippen LogP contribution in [0.4, 0.5) is 0 Å². The summed E-state index contributed by atoms with van der Waals surface area (Å²) in [7, 11) is 0. The first-order valence-corrected chi connectivity index (χ1v) is 7.52. The lowest BCUT2D eigenvalue weighted by Crippen LogP contribution is -2.11. The Bertz CT molecular complexity index is 593. The third kappa shape index (κ3) is 5.60. The number of rotatable bonds is 7. The molecule has 0 bridgehead atoms. The van der Waals surface area contributed by atoms with Crippen LogP contribution in [0.1, 0.15) is 25.0 Å². The molecule has 0 amide bonds. The van der Waals surface area contributed by atoms with Gasteiger partial charge in [-0.1, -0.05) is 49.4 Å². The minimum atomic E-state index is -0.230. The van der Waals surface area contributed by atoms with Crippen LogP contribution in [0, 0.1) is 5.92 Å². The van der Waals surface area contributed by atoms with Crippen LogP contribution in [0.15, 0.2) is 54.6 Å². The number of esters is 1. The number of carbonyl (C=O) groups excluding carboxylic acids is 1. The number of hydrogen-bond donors (Lipinski definition) is 0. The first-order chi connectivity index (χ1) is 10.6. The second kappa shape index (κ2) is 8.23. The van der Waals surface area contributed by atoms with Gasteiger partial charge in [0, 0.05) is 6.92 Å². The van der Waals surface area contributed by atoms with Crippen LogP contribution in [0.5, 0.6) is 5.75 Å². The van der Waals surface area contributed by atoms with Crippen molar-refractivity contribution in [3.05, 3.63) is 65.7 Å². The van der Waals surface area contributed by atoms with Crippen LogP contribution in [0.3, 0.4) is 0 Å². The lowest BCUT2D eigenvalue weighted by Gasteiger charge is -2.12. The average Bonchev–Trinajstić information content (AvgIpc) is 2.52. The summed E-state index contributed by atoms with van der Waals surface area (Å²) in [6, 6.07) is 18.2. The first-order valence-electron chi connectivity index (χ1n) is 7.52. The maximum atomic E-state index is 10.8. The Hall–Kier alpha value is -2.29. The van der Waals surface area contributed by atoms with Crippen molar-refractivity contribution in [1.82, 2.24) is 0 Å². The van der Waals surface area contributed by atoms with E-state index in [-0.39, 0.29) is 11.9 Å². The summed E-state index contributed by atoms with van der Waals surface area (Å²) in [4.78, 5) is 10.8. The Morgan fingerprint density at radius 1 is 1.05 bits per heavy atom. The van der Waals surface area contributed by atoms with Gasteiger partial charge in [0.1, 0.15) is 12.4 Å². The van der Waals surface area contributed by atoms with Crippen molar-refractivity contribution in [3.8, 4) is 5.75 Å². The highest BCUT2D eigenvalue weighted by Gasteiger charge is 2.07. The molecule has 2 aromatic rings. The maximum Gasteiger partial charge on any atom is 0.302 e. The number of carbonyl (C=O) groups is 1. The summed E-state index contributed by atoms with van der Waals surface area (Å²) < 4.78 is 10.9. The fraction of sp³-hybridized carbons (Fsp3) is 0.316. The minimum Gasteiger partial charge on any atom is -0.489 e. The van der Waals surface area contributed by atoms with Crippen LogP contribution in [0.25, 0.3) is 0 Å². The van der Waals surface area contributed by atoms with Gasteiger partial charge in [0.25, 0.3) is 0 Å². The van der Waals surface area contributed by atoms with E-state index in [0.717, 1.165) is 17.7 Å². The molecule has 0 heterocycles. The molecule has 0 fully saturated rings. The van der Waals surface area contributed by atoms with Gasteiger partial charge in [-0.2, -0.15) is 0 Å². The van der Waals surface area contributed by atoms with Crippen molar-refractivity contribution in [2.75, 3.05) is 6.61 Å². The third-order valence-corrected chi connectivity index (χ3v) is 3.30.